The van der Waals surface area contributed by atoms with E-state index in [1.54, 1.807) is 11.8 Å². The number of nitrogens with zero attached hydrogens (tertiary/aromatic N) is 3. The Morgan fingerprint density at radius 1 is 1.03 bits per heavy atom. The molecule has 31 heavy (non-hydrogen) atoms. The van der Waals surface area contributed by atoms with Crippen molar-refractivity contribution in [1.82, 2.24) is 9.38 Å². The smallest absolute Gasteiger partial charge is 0.142 e. The summed E-state index contributed by atoms with van der Waals surface area (Å²) in [6, 6.07) is 20.3. The molecule has 0 atom stereocenters. The van der Waals surface area contributed by atoms with E-state index in [1.807, 2.05) is 49.5 Å². The van der Waals surface area contributed by atoms with Crippen LogP contribution in [0.4, 0.5) is 0 Å². The van der Waals surface area contributed by atoms with E-state index in [4.69, 9.17) is 21.4 Å². The highest BCUT2D eigenvalue weighted by Gasteiger charge is 2.16. The number of hydrogen-bond donors (Lipinski definition) is 0. The number of thioether (sulfide) groups is 1. The Hall–Kier alpha value is -2.76. The summed E-state index contributed by atoms with van der Waals surface area (Å²) >= 11 is 7.72. The van der Waals surface area contributed by atoms with Crippen molar-refractivity contribution in [2.45, 2.75) is 32.3 Å². The number of imidazole rings is 1. The fourth-order valence-electron chi connectivity index (χ4n) is 3.42. The van der Waals surface area contributed by atoms with Gasteiger partial charge >= 0.3 is 0 Å². The molecule has 0 saturated carbocycles. The average Bonchev–Trinajstić information content (AvgIpc) is 3.06. The third kappa shape index (κ3) is 5.30. The topological polar surface area (TPSA) is 38.9 Å². The Morgan fingerprint density at radius 3 is 2.58 bits per heavy atom. The number of fused-ring (bicyclic) bond motifs is 1. The molecule has 4 rings (SSSR count). The monoisotopic (exact) mass is 449 g/mol. The van der Waals surface area contributed by atoms with Crippen molar-refractivity contribution >= 4 is 34.7 Å². The number of hydrogen-bond acceptors (Lipinski definition) is 4. The molecule has 0 spiro atoms. The van der Waals surface area contributed by atoms with E-state index in [0.717, 1.165) is 38.2 Å². The molecule has 2 heterocycles. The summed E-state index contributed by atoms with van der Waals surface area (Å²) in [7, 11) is 0. The van der Waals surface area contributed by atoms with Crippen LogP contribution in [0.1, 0.15) is 28.1 Å². The number of benzene rings is 2. The van der Waals surface area contributed by atoms with Gasteiger partial charge in [0.15, 0.2) is 0 Å². The summed E-state index contributed by atoms with van der Waals surface area (Å²) in [5, 5.41) is 5.30. The molecule has 0 radical (unpaired) electrons. The molecule has 2 aromatic heterocycles. The number of pyridine rings is 1. The van der Waals surface area contributed by atoms with Crippen LogP contribution in [0.2, 0.25) is 5.02 Å². The SMILES string of the molecule is Cc1cccc(CO/N=C(/CSc2ccc(Cl)cc2)c2c(C)nc3cc(C)ccn23)c1. The normalized spacial score (nSPS) is 11.8. The van der Waals surface area contributed by atoms with Gasteiger partial charge in [0, 0.05) is 21.9 Å². The Labute approximate surface area is 191 Å². The highest BCUT2D eigenvalue weighted by atomic mass is 35.5. The van der Waals surface area contributed by atoms with Gasteiger partial charge in [-0.3, -0.25) is 4.40 Å². The van der Waals surface area contributed by atoms with Crippen molar-refractivity contribution in [2.24, 2.45) is 5.16 Å². The molecule has 0 amide bonds. The zero-order valence-electron chi connectivity index (χ0n) is 17.8. The van der Waals surface area contributed by atoms with Crippen LogP contribution in [0.5, 0.6) is 0 Å². The summed E-state index contributed by atoms with van der Waals surface area (Å²) in [5.41, 5.74) is 7.14. The van der Waals surface area contributed by atoms with Gasteiger partial charge in [-0.05, 0) is 68.3 Å². The van der Waals surface area contributed by atoms with Crippen LogP contribution in [-0.2, 0) is 11.4 Å². The predicted octanol–water partition coefficient (Wildman–Crippen LogP) is 6.63. The van der Waals surface area contributed by atoms with Gasteiger partial charge in [-0.25, -0.2) is 4.98 Å². The zero-order chi connectivity index (χ0) is 21.8. The third-order valence-corrected chi connectivity index (χ3v) is 6.18. The largest absolute Gasteiger partial charge is 0.391 e. The molecule has 4 nitrogen and oxygen atoms in total. The number of aryl methyl sites for hydroxylation is 3. The predicted molar refractivity (Wildman–Crippen MR) is 129 cm³/mol. The van der Waals surface area contributed by atoms with Crippen LogP contribution < -0.4 is 0 Å². The fraction of sp³-hybridized carbons (Fsp3) is 0.200. The van der Waals surface area contributed by atoms with Gasteiger partial charge in [-0.15, -0.1) is 11.8 Å². The van der Waals surface area contributed by atoms with Crippen molar-refractivity contribution in [1.29, 1.82) is 0 Å². The number of halogens is 1. The van der Waals surface area contributed by atoms with Crippen LogP contribution in [0.3, 0.4) is 0 Å². The lowest BCUT2D eigenvalue weighted by atomic mass is 10.1. The molecule has 0 saturated heterocycles. The summed E-state index contributed by atoms with van der Waals surface area (Å²) < 4.78 is 2.08. The lowest BCUT2D eigenvalue weighted by Gasteiger charge is -2.09. The molecular weight excluding hydrogens is 426 g/mol. The Bertz CT molecular complexity index is 1230. The van der Waals surface area contributed by atoms with Crippen LogP contribution in [0.15, 0.2) is 76.9 Å². The van der Waals surface area contributed by atoms with Gasteiger partial charge in [0.1, 0.15) is 18.0 Å². The number of rotatable bonds is 7. The second kappa shape index (κ2) is 9.58. The van der Waals surface area contributed by atoms with Gasteiger partial charge in [-0.2, -0.15) is 0 Å². The molecular formula is C25H24ClN3OS. The van der Waals surface area contributed by atoms with E-state index < -0.39 is 0 Å². The second-order valence-electron chi connectivity index (χ2n) is 7.52. The van der Waals surface area contributed by atoms with Crippen molar-refractivity contribution in [3.05, 3.63) is 100.0 Å². The van der Waals surface area contributed by atoms with Crippen LogP contribution in [0, 0.1) is 20.8 Å². The first-order valence-electron chi connectivity index (χ1n) is 10.1. The minimum atomic E-state index is 0.422. The molecule has 0 aliphatic rings. The van der Waals surface area contributed by atoms with Gasteiger partial charge in [-0.1, -0.05) is 46.6 Å². The molecule has 0 aliphatic carbocycles. The molecule has 6 heteroatoms. The summed E-state index contributed by atoms with van der Waals surface area (Å²) in [6.07, 6.45) is 2.04. The Balaban J connectivity index is 1.63. The second-order valence-corrected chi connectivity index (χ2v) is 9.01. The van der Waals surface area contributed by atoms with Gasteiger partial charge < -0.3 is 4.84 Å². The molecule has 158 valence electrons. The highest BCUT2D eigenvalue weighted by Crippen LogP contribution is 2.24. The lowest BCUT2D eigenvalue weighted by Crippen LogP contribution is -2.11. The quantitative estimate of drug-likeness (QED) is 0.180. The minimum absolute atomic E-state index is 0.422. The van der Waals surface area contributed by atoms with E-state index in [2.05, 4.69) is 47.7 Å². The van der Waals surface area contributed by atoms with Crippen LogP contribution in [0.25, 0.3) is 5.65 Å². The third-order valence-electron chi connectivity index (χ3n) is 4.91. The van der Waals surface area contributed by atoms with Crippen LogP contribution >= 0.6 is 23.4 Å². The molecule has 4 aromatic rings. The maximum Gasteiger partial charge on any atom is 0.142 e. The maximum atomic E-state index is 6.03. The van der Waals surface area contributed by atoms with Crippen LogP contribution in [-0.4, -0.2) is 20.8 Å². The first-order chi connectivity index (χ1) is 15.0. The molecule has 0 N–H and O–H groups in total. The lowest BCUT2D eigenvalue weighted by molar-refractivity contribution is 0.130. The van der Waals surface area contributed by atoms with Crippen molar-refractivity contribution in [3.8, 4) is 0 Å². The van der Waals surface area contributed by atoms with E-state index in [0.29, 0.717) is 12.4 Å². The summed E-state index contributed by atoms with van der Waals surface area (Å²) in [4.78, 5) is 11.7. The molecule has 0 fully saturated rings. The maximum absolute atomic E-state index is 6.03. The summed E-state index contributed by atoms with van der Waals surface area (Å²) in [5.74, 6) is 0.651. The zero-order valence-corrected chi connectivity index (χ0v) is 19.4. The van der Waals surface area contributed by atoms with E-state index in [1.165, 1.54) is 11.1 Å². The highest BCUT2D eigenvalue weighted by molar-refractivity contribution is 8.00. The fourth-order valence-corrected chi connectivity index (χ4v) is 4.37. The van der Waals surface area contributed by atoms with Crippen molar-refractivity contribution < 1.29 is 4.84 Å². The van der Waals surface area contributed by atoms with Gasteiger partial charge in [0.25, 0.3) is 0 Å². The first-order valence-corrected chi connectivity index (χ1v) is 11.4. The number of oxime groups is 1. The first kappa shape index (κ1) is 21.5. The average molecular weight is 450 g/mol. The Morgan fingerprint density at radius 2 is 1.81 bits per heavy atom. The number of aromatic nitrogens is 2. The summed E-state index contributed by atoms with van der Waals surface area (Å²) in [6.45, 7) is 6.58. The van der Waals surface area contributed by atoms with E-state index in [9.17, 15) is 0 Å². The van der Waals surface area contributed by atoms with Gasteiger partial charge in [0.2, 0.25) is 0 Å². The molecule has 2 aromatic carbocycles. The van der Waals surface area contributed by atoms with Gasteiger partial charge in [0.05, 0.1) is 11.4 Å². The molecule has 0 aliphatic heterocycles. The van der Waals surface area contributed by atoms with Crippen molar-refractivity contribution in [3.63, 3.8) is 0 Å². The van der Waals surface area contributed by atoms with E-state index in [-0.39, 0.29) is 0 Å². The minimum Gasteiger partial charge on any atom is -0.391 e. The van der Waals surface area contributed by atoms with Crippen molar-refractivity contribution in [2.75, 3.05) is 5.75 Å². The van der Waals surface area contributed by atoms with E-state index >= 15 is 0 Å². The Kier molecular flexibility index (Phi) is 6.64. The standard InChI is InChI=1S/C25H24ClN3OS/c1-17-5-4-6-20(13-17)15-30-28-23(16-31-22-9-7-21(26)8-10-22)25-19(3)27-24-14-18(2)11-12-29(24)25/h4-14H,15-16H2,1-3H3/b28-23-. The molecule has 0 bridgehead atoms. The molecule has 0 unspecified atom stereocenters.